The van der Waals surface area contributed by atoms with Crippen molar-refractivity contribution in [2.45, 2.75) is 39.2 Å². The number of pyridine rings is 1. The maximum atomic E-state index is 12.3. The molecule has 0 bridgehead atoms. The highest BCUT2D eigenvalue weighted by atomic mass is 32.1. The molecule has 1 aliphatic rings. The van der Waals surface area contributed by atoms with Crippen LogP contribution in [-0.4, -0.2) is 23.2 Å². The molecule has 0 saturated heterocycles. The van der Waals surface area contributed by atoms with Gasteiger partial charge in [-0.25, -0.2) is 4.79 Å². The Morgan fingerprint density at radius 3 is 2.85 bits per heavy atom. The summed E-state index contributed by atoms with van der Waals surface area (Å²) in [5, 5.41) is 7.75. The zero-order valence-electron chi connectivity index (χ0n) is 15.2. The van der Waals surface area contributed by atoms with E-state index in [2.05, 4.69) is 22.5 Å². The second kappa shape index (κ2) is 8.14. The van der Waals surface area contributed by atoms with Crippen LogP contribution in [0.2, 0.25) is 0 Å². The number of anilines is 1. The normalized spacial score (nSPS) is 17.1. The van der Waals surface area contributed by atoms with Crippen LogP contribution in [0.5, 0.6) is 0 Å². The summed E-state index contributed by atoms with van der Waals surface area (Å²) >= 11 is 7.09. The number of carbonyl (C=O) groups is 1. The number of thiophene rings is 1. The van der Waals surface area contributed by atoms with E-state index < -0.39 is 0 Å². The van der Waals surface area contributed by atoms with Gasteiger partial charge in [-0.1, -0.05) is 6.92 Å². The summed E-state index contributed by atoms with van der Waals surface area (Å²) in [6.07, 6.45) is 6.52. The van der Waals surface area contributed by atoms with Gasteiger partial charge in [-0.05, 0) is 67.6 Å². The Hall–Kier alpha value is -1.99. The minimum absolute atomic E-state index is 0.0363. The number of nitrogens with zero attached hydrogens (tertiary/aromatic N) is 1. The molecule has 0 unspecified atom stereocenters. The summed E-state index contributed by atoms with van der Waals surface area (Å²) in [7, 11) is 1.42. The van der Waals surface area contributed by atoms with E-state index >= 15 is 0 Å². The van der Waals surface area contributed by atoms with Crippen molar-refractivity contribution in [2.75, 3.05) is 12.4 Å². The van der Waals surface area contributed by atoms with Gasteiger partial charge in [-0.3, -0.25) is 4.98 Å². The van der Waals surface area contributed by atoms with Gasteiger partial charge in [0.2, 0.25) is 0 Å². The van der Waals surface area contributed by atoms with E-state index in [1.165, 1.54) is 12.0 Å². The fraction of sp³-hybridized carbons (Fsp3) is 0.421. The molecule has 2 N–H and O–H groups in total. The SMILES string of the molecule is COC(=O)c1c(NC(=S)N[C@H](C)c2ccncc2)sc2c1CC[C@H](C)C2. The lowest BCUT2D eigenvalue weighted by Crippen LogP contribution is -2.31. The van der Waals surface area contributed by atoms with Crippen LogP contribution in [0.3, 0.4) is 0 Å². The molecular weight excluding hydrogens is 366 g/mol. The molecule has 7 heteroatoms. The third kappa shape index (κ3) is 4.04. The average molecular weight is 390 g/mol. The van der Waals surface area contributed by atoms with E-state index in [9.17, 15) is 4.79 Å². The van der Waals surface area contributed by atoms with Crippen molar-refractivity contribution in [3.63, 3.8) is 0 Å². The van der Waals surface area contributed by atoms with Gasteiger partial charge < -0.3 is 15.4 Å². The number of fused-ring (bicyclic) bond motifs is 1. The minimum Gasteiger partial charge on any atom is -0.465 e. The quantitative estimate of drug-likeness (QED) is 0.606. The van der Waals surface area contributed by atoms with E-state index in [1.54, 1.807) is 23.7 Å². The number of hydrogen-bond donors (Lipinski definition) is 2. The predicted octanol–water partition coefficient (Wildman–Crippen LogP) is 4.10. The molecule has 0 fully saturated rings. The van der Waals surface area contributed by atoms with Gasteiger partial charge in [0.25, 0.3) is 0 Å². The Labute approximate surface area is 163 Å². The number of ether oxygens (including phenoxy) is 1. The molecule has 2 aromatic rings. The molecule has 1 aliphatic carbocycles. The molecular formula is C19H23N3O2S2. The maximum Gasteiger partial charge on any atom is 0.341 e. The van der Waals surface area contributed by atoms with Crippen LogP contribution in [0, 0.1) is 5.92 Å². The maximum absolute atomic E-state index is 12.3. The number of hydrogen-bond acceptors (Lipinski definition) is 5. The largest absolute Gasteiger partial charge is 0.465 e. The Kier molecular flexibility index (Phi) is 5.88. The summed E-state index contributed by atoms with van der Waals surface area (Å²) in [4.78, 5) is 17.6. The molecule has 0 aliphatic heterocycles. The molecule has 3 rings (SSSR count). The van der Waals surface area contributed by atoms with Crippen LogP contribution in [-0.2, 0) is 17.6 Å². The van der Waals surface area contributed by atoms with Crippen LogP contribution >= 0.6 is 23.6 Å². The summed E-state index contributed by atoms with van der Waals surface area (Å²) in [5.74, 6) is 0.334. The lowest BCUT2D eigenvalue weighted by Gasteiger charge is -2.18. The fourth-order valence-corrected chi connectivity index (χ4v) is 4.97. The standard InChI is InChI=1S/C19H23N3O2S2/c1-11-4-5-14-15(10-11)26-17(16(14)18(23)24-3)22-19(25)21-12(2)13-6-8-20-9-7-13/h6-9,11-12H,4-5,10H2,1-3H3,(H2,21,22,25)/t11-,12+/m0/s1. The van der Waals surface area contributed by atoms with E-state index in [-0.39, 0.29) is 12.0 Å². The van der Waals surface area contributed by atoms with E-state index in [4.69, 9.17) is 17.0 Å². The van der Waals surface area contributed by atoms with Gasteiger partial charge in [0.15, 0.2) is 5.11 Å². The minimum atomic E-state index is -0.301. The van der Waals surface area contributed by atoms with Crippen molar-refractivity contribution in [1.29, 1.82) is 0 Å². The number of esters is 1. The van der Waals surface area contributed by atoms with Gasteiger partial charge >= 0.3 is 5.97 Å². The second-order valence-electron chi connectivity index (χ2n) is 6.65. The highest BCUT2D eigenvalue weighted by molar-refractivity contribution is 7.80. The van der Waals surface area contributed by atoms with Crippen molar-refractivity contribution in [1.82, 2.24) is 10.3 Å². The molecule has 0 saturated carbocycles. The lowest BCUT2D eigenvalue weighted by molar-refractivity contribution is 0.0601. The molecule has 2 atom stereocenters. The molecule has 2 aromatic heterocycles. The Morgan fingerprint density at radius 2 is 2.15 bits per heavy atom. The van der Waals surface area contributed by atoms with Crippen molar-refractivity contribution in [3.8, 4) is 0 Å². The molecule has 0 aromatic carbocycles. The Morgan fingerprint density at radius 1 is 1.42 bits per heavy atom. The van der Waals surface area contributed by atoms with Crippen molar-refractivity contribution < 1.29 is 9.53 Å². The predicted molar refractivity (Wildman–Crippen MR) is 109 cm³/mol. The molecule has 5 nitrogen and oxygen atoms in total. The summed E-state index contributed by atoms with van der Waals surface area (Å²) in [6.45, 7) is 4.28. The van der Waals surface area contributed by atoms with Gasteiger partial charge in [-0.15, -0.1) is 11.3 Å². The van der Waals surface area contributed by atoms with Crippen molar-refractivity contribution in [2.24, 2.45) is 5.92 Å². The molecule has 26 heavy (non-hydrogen) atoms. The molecule has 0 radical (unpaired) electrons. The highest BCUT2D eigenvalue weighted by Gasteiger charge is 2.28. The third-order valence-corrected chi connectivity index (χ3v) is 6.07. The van der Waals surface area contributed by atoms with Crippen molar-refractivity contribution >= 4 is 39.6 Å². The van der Waals surface area contributed by atoms with E-state index in [0.29, 0.717) is 16.6 Å². The molecule has 0 amide bonds. The first kappa shape index (κ1) is 18.8. The van der Waals surface area contributed by atoms with Crippen molar-refractivity contribution in [3.05, 3.63) is 46.1 Å². The summed E-state index contributed by atoms with van der Waals surface area (Å²) in [5.41, 5.74) is 2.85. The first-order valence-corrected chi connectivity index (χ1v) is 9.92. The summed E-state index contributed by atoms with van der Waals surface area (Å²) < 4.78 is 5.02. The van der Waals surface area contributed by atoms with Crippen LogP contribution in [0.1, 0.15) is 52.7 Å². The first-order valence-electron chi connectivity index (χ1n) is 8.69. The Balaban J connectivity index is 1.78. The zero-order valence-corrected chi connectivity index (χ0v) is 16.8. The fourth-order valence-electron chi connectivity index (χ4n) is 3.23. The van der Waals surface area contributed by atoms with Gasteiger partial charge in [0.05, 0.1) is 18.7 Å². The molecule has 138 valence electrons. The van der Waals surface area contributed by atoms with Crippen LogP contribution < -0.4 is 10.6 Å². The topological polar surface area (TPSA) is 63.2 Å². The zero-order chi connectivity index (χ0) is 18.7. The van der Waals surface area contributed by atoms with Gasteiger partial charge in [0.1, 0.15) is 5.00 Å². The number of aromatic nitrogens is 1. The first-order chi connectivity index (χ1) is 12.5. The smallest absolute Gasteiger partial charge is 0.341 e. The lowest BCUT2D eigenvalue weighted by atomic mass is 9.88. The second-order valence-corrected chi connectivity index (χ2v) is 8.16. The molecule has 0 spiro atoms. The number of carbonyl (C=O) groups excluding carboxylic acids is 1. The Bertz CT molecular complexity index is 805. The van der Waals surface area contributed by atoms with Crippen LogP contribution in [0.4, 0.5) is 5.00 Å². The van der Waals surface area contributed by atoms with E-state index in [1.807, 2.05) is 19.1 Å². The average Bonchev–Trinajstić information content (AvgIpc) is 2.98. The summed E-state index contributed by atoms with van der Waals surface area (Å²) in [6, 6.07) is 3.94. The van der Waals surface area contributed by atoms with Crippen LogP contribution in [0.25, 0.3) is 0 Å². The van der Waals surface area contributed by atoms with Gasteiger partial charge in [0, 0.05) is 17.3 Å². The van der Waals surface area contributed by atoms with Crippen LogP contribution in [0.15, 0.2) is 24.5 Å². The number of thiocarbonyl (C=S) groups is 1. The highest BCUT2D eigenvalue weighted by Crippen LogP contribution is 2.40. The monoisotopic (exact) mass is 389 g/mol. The number of rotatable bonds is 4. The van der Waals surface area contributed by atoms with E-state index in [0.717, 1.165) is 35.4 Å². The number of methoxy groups -OCH3 is 1. The number of nitrogens with one attached hydrogen (secondary N) is 2. The molecule has 2 heterocycles. The third-order valence-electron chi connectivity index (χ3n) is 4.68. The van der Waals surface area contributed by atoms with Gasteiger partial charge in [-0.2, -0.15) is 0 Å².